The summed E-state index contributed by atoms with van der Waals surface area (Å²) in [6.45, 7) is 1.81. The number of aryl methyl sites for hydroxylation is 1. The van der Waals surface area contributed by atoms with E-state index in [2.05, 4.69) is 4.98 Å². The molecule has 7 nitrogen and oxygen atoms in total. The van der Waals surface area contributed by atoms with Gasteiger partial charge in [0.2, 0.25) is 15.9 Å². The summed E-state index contributed by atoms with van der Waals surface area (Å²) in [6, 6.07) is 8.58. The maximum atomic E-state index is 13.4. The lowest BCUT2D eigenvalue weighted by Crippen LogP contribution is -2.39. The molecule has 148 valence electrons. The van der Waals surface area contributed by atoms with Crippen LogP contribution in [0.4, 0.5) is 0 Å². The van der Waals surface area contributed by atoms with Crippen LogP contribution in [0.15, 0.2) is 47.5 Å². The number of sulfonamides is 1. The van der Waals surface area contributed by atoms with Crippen molar-refractivity contribution >= 4 is 38.4 Å². The zero-order chi connectivity index (χ0) is 20.6. The molecule has 0 bridgehead atoms. The summed E-state index contributed by atoms with van der Waals surface area (Å²) in [7, 11) is -1.27. The molecule has 28 heavy (non-hydrogen) atoms. The maximum Gasteiger partial charge on any atom is 0.245 e. The number of nitrogens with zero attached hydrogens (tertiary/aromatic N) is 1. The number of carbonyl (C=O) groups excluding carboxylic acids is 1. The van der Waals surface area contributed by atoms with Gasteiger partial charge in [-0.2, -0.15) is 4.31 Å². The van der Waals surface area contributed by atoms with E-state index in [9.17, 15) is 13.2 Å². The summed E-state index contributed by atoms with van der Waals surface area (Å²) < 4.78 is 32.8. The predicted octanol–water partition coefficient (Wildman–Crippen LogP) is 2.99. The second kappa shape index (κ2) is 7.46. The standard InChI is InChI=1S/C19H20ClN3O4S/c1-11-8-12-6-7-22-17(12)16(9-11)28(25,26)23(2)18(19(21)24)13-4-5-15(27-3)14(20)10-13/h4-10,18,22H,1-3H3,(H2,21,24). The molecule has 0 aliphatic carbocycles. The van der Waals surface area contributed by atoms with Crippen LogP contribution < -0.4 is 10.5 Å². The Morgan fingerprint density at radius 2 is 1.96 bits per heavy atom. The van der Waals surface area contributed by atoms with Crippen LogP contribution in [0.3, 0.4) is 0 Å². The number of benzene rings is 2. The summed E-state index contributed by atoms with van der Waals surface area (Å²) in [5.41, 5.74) is 7.15. The van der Waals surface area contributed by atoms with Crippen LogP contribution in [0.2, 0.25) is 5.02 Å². The van der Waals surface area contributed by atoms with Gasteiger partial charge in [-0.25, -0.2) is 8.42 Å². The lowest BCUT2D eigenvalue weighted by atomic mass is 10.1. The molecule has 0 fully saturated rings. The van der Waals surface area contributed by atoms with Gasteiger partial charge in [0.25, 0.3) is 0 Å². The quantitative estimate of drug-likeness (QED) is 0.638. The Balaban J connectivity index is 2.12. The first-order valence-electron chi connectivity index (χ1n) is 8.35. The number of fused-ring (bicyclic) bond motifs is 1. The molecule has 1 amide bonds. The zero-order valence-corrected chi connectivity index (χ0v) is 17.1. The molecule has 9 heteroatoms. The van der Waals surface area contributed by atoms with Crippen LogP contribution in [-0.2, 0) is 14.8 Å². The van der Waals surface area contributed by atoms with E-state index in [1.807, 2.05) is 6.07 Å². The highest BCUT2D eigenvalue weighted by Gasteiger charge is 2.34. The van der Waals surface area contributed by atoms with Crippen LogP contribution >= 0.6 is 11.6 Å². The summed E-state index contributed by atoms with van der Waals surface area (Å²) in [5, 5.41) is 1.01. The Kier molecular flexibility index (Phi) is 5.38. The van der Waals surface area contributed by atoms with E-state index in [1.54, 1.807) is 37.4 Å². The molecule has 0 spiro atoms. The highest BCUT2D eigenvalue weighted by atomic mass is 35.5. The summed E-state index contributed by atoms with van der Waals surface area (Å²) in [4.78, 5) is 15.2. The number of ether oxygens (including phenoxy) is 1. The van der Waals surface area contributed by atoms with Crippen molar-refractivity contribution in [3.8, 4) is 5.75 Å². The van der Waals surface area contributed by atoms with Gasteiger partial charge in [-0.05, 0) is 48.4 Å². The monoisotopic (exact) mass is 421 g/mol. The van der Waals surface area contributed by atoms with E-state index in [-0.39, 0.29) is 9.92 Å². The van der Waals surface area contributed by atoms with Gasteiger partial charge in [0.1, 0.15) is 16.7 Å². The number of halogens is 1. The Hall–Kier alpha value is -2.55. The van der Waals surface area contributed by atoms with E-state index < -0.39 is 22.0 Å². The Morgan fingerprint density at radius 3 is 2.57 bits per heavy atom. The van der Waals surface area contributed by atoms with Gasteiger partial charge < -0.3 is 15.5 Å². The molecular formula is C19H20ClN3O4S. The van der Waals surface area contributed by atoms with Gasteiger partial charge in [0.05, 0.1) is 17.6 Å². The number of methoxy groups -OCH3 is 1. The maximum absolute atomic E-state index is 13.4. The molecule has 3 aromatic rings. The number of nitrogens with two attached hydrogens (primary N) is 1. The normalized spacial score (nSPS) is 13.0. The van der Waals surface area contributed by atoms with Crippen molar-refractivity contribution in [1.82, 2.24) is 9.29 Å². The molecule has 0 aliphatic rings. The van der Waals surface area contributed by atoms with Crippen molar-refractivity contribution in [3.05, 3.63) is 58.7 Å². The second-order valence-electron chi connectivity index (χ2n) is 6.43. The lowest BCUT2D eigenvalue weighted by Gasteiger charge is -2.26. The third-order valence-electron chi connectivity index (χ3n) is 4.55. The SMILES string of the molecule is COc1ccc(C(C(N)=O)N(C)S(=O)(=O)c2cc(C)cc3cc[nH]c23)cc1Cl. The molecule has 1 heterocycles. The summed E-state index contributed by atoms with van der Waals surface area (Å²) in [5.74, 6) is -0.409. The van der Waals surface area contributed by atoms with E-state index in [0.29, 0.717) is 16.8 Å². The summed E-state index contributed by atoms with van der Waals surface area (Å²) >= 11 is 6.15. The number of primary amides is 1. The van der Waals surface area contributed by atoms with Crippen LogP contribution in [0, 0.1) is 6.92 Å². The van der Waals surface area contributed by atoms with Crippen molar-refractivity contribution < 1.29 is 17.9 Å². The van der Waals surface area contributed by atoms with Gasteiger partial charge in [-0.1, -0.05) is 17.7 Å². The van der Waals surface area contributed by atoms with Gasteiger partial charge in [-0.15, -0.1) is 0 Å². The Bertz CT molecular complexity index is 1160. The molecule has 0 saturated heterocycles. The first-order valence-corrected chi connectivity index (χ1v) is 10.2. The first-order chi connectivity index (χ1) is 13.2. The number of carbonyl (C=O) groups is 1. The molecule has 0 aliphatic heterocycles. The zero-order valence-electron chi connectivity index (χ0n) is 15.6. The second-order valence-corrected chi connectivity index (χ2v) is 8.80. The van der Waals surface area contributed by atoms with Gasteiger partial charge in [0, 0.05) is 18.6 Å². The van der Waals surface area contributed by atoms with Gasteiger partial charge >= 0.3 is 0 Å². The van der Waals surface area contributed by atoms with Gasteiger partial charge in [0.15, 0.2) is 0 Å². The van der Waals surface area contributed by atoms with E-state index in [4.69, 9.17) is 22.1 Å². The molecule has 1 aromatic heterocycles. The summed E-state index contributed by atoms with van der Waals surface area (Å²) in [6.07, 6.45) is 1.66. The number of nitrogens with one attached hydrogen (secondary N) is 1. The molecule has 1 atom stereocenters. The smallest absolute Gasteiger partial charge is 0.245 e. The van der Waals surface area contributed by atoms with Crippen molar-refractivity contribution in [2.75, 3.05) is 14.2 Å². The number of hydrogen-bond donors (Lipinski definition) is 2. The topological polar surface area (TPSA) is 105 Å². The average molecular weight is 422 g/mol. The van der Waals surface area contributed by atoms with Crippen LogP contribution in [0.1, 0.15) is 17.2 Å². The number of rotatable bonds is 6. The molecule has 0 saturated carbocycles. The van der Waals surface area contributed by atoms with Crippen molar-refractivity contribution in [1.29, 1.82) is 0 Å². The van der Waals surface area contributed by atoms with Crippen LogP contribution in [0.5, 0.6) is 5.75 Å². The fourth-order valence-electron chi connectivity index (χ4n) is 3.18. The van der Waals surface area contributed by atoms with Crippen molar-refractivity contribution in [3.63, 3.8) is 0 Å². The highest BCUT2D eigenvalue weighted by Crippen LogP contribution is 2.33. The number of H-pyrrole nitrogens is 1. The molecule has 0 radical (unpaired) electrons. The minimum absolute atomic E-state index is 0.0702. The van der Waals surface area contributed by atoms with Crippen molar-refractivity contribution in [2.45, 2.75) is 17.9 Å². The molecule has 1 unspecified atom stereocenters. The minimum atomic E-state index is -4.05. The van der Waals surface area contributed by atoms with Gasteiger partial charge in [-0.3, -0.25) is 4.79 Å². The fourth-order valence-corrected chi connectivity index (χ4v) is 5.03. The Labute approximate surface area is 168 Å². The van der Waals surface area contributed by atoms with Crippen LogP contribution in [-0.4, -0.2) is 37.8 Å². The number of hydrogen-bond acceptors (Lipinski definition) is 4. The molecule has 3 rings (SSSR count). The average Bonchev–Trinajstić information content (AvgIpc) is 3.09. The van der Waals surface area contributed by atoms with Crippen LogP contribution in [0.25, 0.3) is 10.9 Å². The largest absolute Gasteiger partial charge is 0.495 e. The number of aromatic nitrogens is 1. The lowest BCUT2D eigenvalue weighted by molar-refractivity contribution is -0.121. The highest BCUT2D eigenvalue weighted by molar-refractivity contribution is 7.89. The number of amides is 1. The fraction of sp³-hybridized carbons (Fsp3) is 0.211. The van der Waals surface area contributed by atoms with E-state index in [0.717, 1.165) is 15.3 Å². The third kappa shape index (κ3) is 3.46. The van der Waals surface area contributed by atoms with E-state index >= 15 is 0 Å². The molecule has 2 aromatic carbocycles. The third-order valence-corrected chi connectivity index (χ3v) is 6.69. The number of likely N-dealkylation sites (N-methyl/N-ethyl adjacent to an activating group) is 1. The first kappa shape index (κ1) is 20.2. The molecular weight excluding hydrogens is 402 g/mol. The Morgan fingerprint density at radius 1 is 1.25 bits per heavy atom. The van der Waals surface area contributed by atoms with Crippen molar-refractivity contribution in [2.24, 2.45) is 5.73 Å². The predicted molar refractivity (Wildman–Crippen MR) is 108 cm³/mol. The molecule has 3 N–H and O–H groups in total. The van der Waals surface area contributed by atoms with E-state index in [1.165, 1.54) is 20.2 Å². The minimum Gasteiger partial charge on any atom is -0.495 e. The number of aromatic amines is 1.